The van der Waals surface area contributed by atoms with E-state index in [2.05, 4.69) is 41.5 Å². The fraction of sp³-hybridized carbons (Fsp3) is 0.583. The molecular weight excluding hydrogens is 394 g/mol. The first-order chi connectivity index (χ1) is 15.0. The number of hydrogen-bond acceptors (Lipinski definition) is 7. The molecule has 0 saturated heterocycles. The van der Waals surface area contributed by atoms with E-state index in [0.29, 0.717) is 42.7 Å². The highest BCUT2D eigenvalue weighted by molar-refractivity contribution is 5.61. The zero-order valence-electron chi connectivity index (χ0n) is 19.0. The Morgan fingerprint density at radius 1 is 1.13 bits per heavy atom. The molecule has 7 nitrogen and oxygen atoms in total. The van der Waals surface area contributed by atoms with Crippen molar-refractivity contribution >= 4 is 0 Å². The molecule has 3 rings (SSSR count). The van der Waals surface area contributed by atoms with Crippen LogP contribution in [0.2, 0.25) is 0 Å². The molecule has 4 atom stereocenters. The normalized spacial score (nSPS) is 21.8. The molecule has 1 aromatic heterocycles. The third-order valence-electron chi connectivity index (χ3n) is 6.27. The lowest BCUT2D eigenvalue weighted by molar-refractivity contribution is 0.101. The molecular formula is C24H35N3O4. The maximum absolute atomic E-state index is 10.4. The molecule has 1 aliphatic rings. The number of methoxy groups -OCH3 is 2. The summed E-state index contributed by atoms with van der Waals surface area (Å²) >= 11 is 0. The van der Waals surface area contributed by atoms with E-state index in [0.717, 1.165) is 37.1 Å². The van der Waals surface area contributed by atoms with Gasteiger partial charge in [-0.05, 0) is 30.2 Å². The van der Waals surface area contributed by atoms with Crippen molar-refractivity contribution in [2.45, 2.75) is 51.8 Å². The van der Waals surface area contributed by atoms with Crippen molar-refractivity contribution in [1.82, 2.24) is 15.5 Å². The van der Waals surface area contributed by atoms with E-state index in [1.54, 1.807) is 14.2 Å². The number of aliphatic hydroxyl groups is 1. The lowest BCUT2D eigenvalue weighted by Crippen LogP contribution is -2.26. The summed E-state index contributed by atoms with van der Waals surface area (Å²) in [6.45, 7) is 6.08. The topological polar surface area (TPSA) is 85.7 Å². The summed E-state index contributed by atoms with van der Waals surface area (Å²) < 4.78 is 15.9. The van der Waals surface area contributed by atoms with Crippen molar-refractivity contribution in [1.29, 1.82) is 0 Å². The summed E-state index contributed by atoms with van der Waals surface area (Å²) in [5.74, 6) is 1.87. The number of aromatic nitrogens is 2. The molecule has 1 fully saturated rings. The highest BCUT2D eigenvalue weighted by Gasteiger charge is 2.35. The third-order valence-corrected chi connectivity index (χ3v) is 6.27. The number of benzene rings is 1. The van der Waals surface area contributed by atoms with E-state index in [1.807, 2.05) is 18.2 Å². The number of nitrogens with one attached hydrogen (secondary N) is 1. The SMILES string of the molecule is CCC(C)C1CC(NCc2ccc(-c3cc(OC)c(OCCOC)nn3)cc2)CC1O. The van der Waals surface area contributed by atoms with Crippen LogP contribution in [0.25, 0.3) is 11.3 Å². The van der Waals surface area contributed by atoms with Crippen LogP contribution in [0.3, 0.4) is 0 Å². The van der Waals surface area contributed by atoms with Gasteiger partial charge in [0.1, 0.15) is 6.61 Å². The fourth-order valence-corrected chi connectivity index (χ4v) is 4.16. The third kappa shape index (κ3) is 6.15. The molecule has 31 heavy (non-hydrogen) atoms. The molecule has 1 aromatic carbocycles. The zero-order chi connectivity index (χ0) is 22.2. The van der Waals surface area contributed by atoms with E-state index in [-0.39, 0.29) is 6.10 Å². The summed E-state index contributed by atoms with van der Waals surface area (Å²) in [5, 5.41) is 22.4. The largest absolute Gasteiger partial charge is 0.491 e. The Hall–Kier alpha value is -2.22. The summed E-state index contributed by atoms with van der Waals surface area (Å²) in [7, 11) is 3.21. The molecule has 2 N–H and O–H groups in total. The average Bonchev–Trinajstić information content (AvgIpc) is 3.18. The lowest BCUT2D eigenvalue weighted by Gasteiger charge is -2.20. The molecule has 1 aliphatic carbocycles. The van der Waals surface area contributed by atoms with Crippen molar-refractivity contribution in [3.05, 3.63) is 35.9 Å². The molecule has 1 saturated carbocycles. The quantitative estimate of drug-likeness (QED) is 0.529. The van der Waals surface area contributed by atoms with Crippen LogP contribution in [0.15, 0.2) is 30.3 Å². The van der Waals surface area contributed by atoms with Gasteiger partial charge in [-0.25, -0.2) is 0 Å². The second-order valence-corrected chi connectivity index (χ2v) is 8.31. The van der Waals surface area contributed by atoms with Crippen LogP contribution in [-0.4, -0.2) is 54.9 Å². The predicted molar refractivity (Wildman–Crippen MR) is 120 cm³/mol. The van der Waals surface area contributed by atoms with E-state index < -0.39 is 0 Å². The summed E-state index contributed by atoms with van der Waals surface area (Å²) in [4.78, 5) is 0. The Kier molecular flexibility index (Phi) is 8.63. The Bertz CT molecular complexity index is 815. The highest BCUT2D eigenvalue weighted by atomic mass is 16.5. The summed E-state index contributed by atoms with van der Waals surface area (Å²) in [6, 6.07) is 10.5. The van der Waals surface area contributed by atoms with Crippen molar-refractivity contribution in [2.75, 3.05) is 27.4 Å². The van der Waals surface area contributed by atoms with Gasteiger partial charge in [0.25, 0.3) is 5.88 Å². The van der Waals surface area contributed by atoms with Gasteiger partial charge in [-0.2, -0.15) is 0 Å². The van der Waals surface area contributed by atoms with Crippen LogP contribution in [0.1, 0.15) is 38.7 Å². The average molecular weight is 430 g/mol. The Morgan fingerprint density at radius 3 is 2.58 bits per heavy atom. The molecule has 0 bridgehead atoms. The molecule has 1 heterocycles. The Morgan fingerprint density at radius 2 is 1.90 bits per heavy atom. The smallest absolute Gasteiger partial charge is 0.276 e. The van der Waals surface area contributed by atoms with E-state index in [4.69, 9.17) is 14.2 Å². The summed E-state index contributed by atoms with van der Waals surface area (Å²) in [5.41, 5.74) is 2.89. The van der Waals surface area contributed by atoms with Crippen LogP contribution < -0.4 is 14.8 Å². The van der Waals surface area contributed by atoms with Gasteiger partial charge < -0.3 is 24.6 Å². The van der Waals surface area contributed by atoms with Gasteiger partial charge in [0.2, 0.25) is 0 Å². The Balaban J connectivity index is 1.58. The second kappa shape index (κ2) is 11.4. The minimum atomic E-state index is -0.190. The fourth-order valence-electron chi connectivity index (χ4n) is 4.16. The number of nitrogens with zero attached hydrogens (tertiary/aromatic N) is 2. The molecule has 170 valence electrons. The van der Waals surface area contributed by atoms with Gasteiger partial charge in [0.05, 0.1) is 25.5 Å². The number of aliphatic hydroxyl groups excluding tert-OH is 1. The van der Waals surface area contributed by atoms with Crippen LogP contribution >= 0.6 is 0 Å². The van der Waals surface area contributed by atoms with Gasteiger partial charge in [0.15, 0.2) is 5.75 Å². The molecule has 0 spiro atoms. The van der Waals surface area contributed by atoms with E-state index >= 15 is 0 Å². The minimum Gasteiger partial charge on any atom is -0.491 e. The maximum Gasteiger partial charge on any atom is 0.276 e. The van der Waals surface area contributed by atoms with Crippen molar-refractivity contribution in [3.63, 3.8) is 0 Å². The first-order valence-electron chi connectivity index (χ1n) is 11.1. The monoisotopic (exact) mass is 429 g/mol. The zero-order valence-corrected chi connectivity index (χ0v) is 19.0. The van der Waals surface area contributed by atoms with Crippen LogP contribution in [0.5, 0.6) is 11.6 Å². The Labute approximate surface area is 185 Å². The molecule has 4 unspecified atom stereocenters. The summed E-state index contributed by atoms with van der Waals surface area (Å²) in [6.07, 6.45) is 2.80. The number of ether oxygens (including phenoxy) is 3. The van der Waals surface area contributed by atoms with Crippen molar-refractivity contribution in [3.8, 4) is 22.9 Å². The minimum absolute atomic E-state index is 0.190. The van der Waals surface area contributed by atoms with Crippen molar-refractivity contribution in [2.24, 2.45) is 11.8 Å². The first-order valence-corrected chi connectivity index (χ1v) is 11.1. The molecule has 0 amide bonds. The van der Waals surface area contributed by atoms with Gasteiger partial charge >= 0.3 is 0 Å². The number of hydrogen-bond donors (Lipinski definition) is 2. The van der Waals surface area contributed by atoms with Crippen LogP contribution in [-0.2, 0) is 11.3 Å². The lowest BCUT2D eigenvalue weighted by atomic mass is 9.89. The van der Waals surface area contributed by atoms with Gasteiger partial charge in [-0.15, -0.1) is 10.2 Å². The van der Waals surface area contributed by atoms with Crippen LogP contribution in [0.4, 0.5) is 0 Å². The molecule has 2 aromatic rings. The van der Waals surface area contributed by atoms with Crippen molar-refractivity contribution < 1.29 is 19.3 Å². The molecule has 7 heteroatoms. The van der Waals surface area contributed by atoms with Crippen LogP contribution in [0, 0.1) is 11.8 Å². The highest BCUT2D eigenvalue weighted by Crippen LogP contribution is 2.34. The number of rotatable bonds is 11. The predicted octanol–water partition coefficient (Wildman–Crippen LogP) is 3.45. The second-order valence-electron chi connectivity index (χ2n) is 8.31. The van der Waals surface area contributed by atoms with Gasteiger partial charge in [0, 0.05) is 31.3 Å². The maximum atomic E-state index is 10.4. The van der Waals surface area contributed by atoms with E-state index in [1.165, 1.54) is 5.56 Å². The van der Waals surface area contributed by atoms with Gasteiger partial charge in [-0.1, -0.05) is 44.5 Å². The van der Waals surface area contributed by atoms with Gasteiger partial charge in [-0.3, -0.25) is 0 Å². The van der Waals surface area contributed by atoms with E-state index in [9.17, 15) is 5.11 Å². The molecule has 0 aliphatic heterocycles. The molecule has 0 radical (unpaired) electrons. The standard InChI is InChI=1S/C24H35N3O4/c1-5-16(2)20-12-19(13-22(20)28)25-15-17-6-8-18(9-7-17)21-14-23(30-4)24(27-26-21)31-11-10-29-3/h6-9,14,16,19-20,22,25,28H,5,10-13,15H2,1-4H3. The first kappa shape index (κ1) is 23.4.